The van der Waals surface area contributed by atoms with E-state index in [1.54, 1.807) is 42.5 Å². The SMILES string of the molecule is CCc1ccccc1N(CC(=O)N/N=C/c1ccccc1F)S(=O)(=O)c1ccccc1. The molecule has 0 aliphatic heterocycles. The molecular formula is C23H22FN3O3S. The first-order chi connectivity index (χ1) is 14.9. The van der Waals surface area contributed by atoms with E-state index in [1.807, 2.05) is 19.1 Å². The molecule has 0 saturated heterocycles. The minimum absolute atomic E-state index is 0.0727. The van der Waals surface area contributed by atoms with E-state index in [4.69, 9.17) is 0 Å². The summed E-state index contributed by atoms with van der Waals surface area (Å²) in [6.07, 6.45) is 1.76. The van der Waals surface area contributed by atoms with Gasteiger partial charge in [-0.2, -0.15) is 5.10 Å². The van der Waals surface area contributed by atoms with Gasteiger partial charge in [-0.15, -0.1) is 0 Å². The first-order valence-corrected chi connectivity index (χ1v) is 11.1. The third-order valence-electron chi connectivity index (χ3n) is 4.56. The first-order valence-electron chi connectivity index (χ1n) is 9.65. The van der Waals surface area contributed by atoms with Gasteiger partial charge < -0.3 is 0 Å². The number of rotatable bonds is 8. The molecule has 0 aromatic heterocycles. The Bertz CT molecular complexity index is 1180. The summed E-state index contributed by atoms with van der Waals surface area (Å²) in [5, 5.41) is 3.76. The second-order valence-corrected chi connectivity index (χ2v) is 8.48. The van der Waals surface area contributed by atoms with Crippen LogP contribution in [-0.4, -0.2) is 27.1 Å². The summed E-state index contributed by atoms with van der Waals surface area (Å²) < 4.78 is 41.4. The fraction of sp³-hybridized carbons (Fsp3) is 0.130. The highest BCUT2D eigenvalue weighted by molar-refractivity contribution is 7.92. The molecule has 0 saturated carbocycles. The van der Waals surface area contributed by atoms with Gasteiger partial charge in [-0.3, -0.25) is 9.10 Å². The molecule has 0 unspecified atom stereocenters. The van der Waals surface area contributed by atoms with E-state index in [9.17, 15) is 17.6 Å². The minimum Gasteiger partial charge on any atom is -0.271 e. The second kappa shape index (κ2) is 9.99. The minimum atomic E-state index is -4.01. The topological polar surface area (TPSA) is 78.8 Å². The van der Waals surface area contributed by atoms with Gasteiger partial charge in [-0.05, 0) is 36.2 Å². The summed E-state index contributed by atoms with van der Waals surface area (Å²) in [6, 6.07) is 20.9. The number of benzene rings is 3. The summed E-state index contributed by atoms with van der Waals surface area (Å²) in [7, 11) is -4.01. The lowest BCUT2D eigenvalue weighted by Crippen LogP contribution is -2.40. The van der Waals surface area contributed by atoms with Crippen molar-refractivity contribution in [2.75, 3.05) is 10.8 Å². The summed E-state index contributed by atoms with van der Waals surface area (Å²) in [5.74, 6) is -1.14. The maximum Gasteiger partial charge on any atom is 0.264 e. The smallest absolute Gasteiger partial charge is 0.264 e. The van der Waals surface area contributed by atoms with Gasteiger partial charge in [-0.25, -0.2) is 18.2 Å². The van der Waals surface area contributed by atoms with Crippen LogP contribution in [0.15, 0.2) is 88.9 Å². The van der Waals surface area contributed by atoms with Crippen LogP contribution in [0.4, 0.5) is 10.1 Å². The van der Waals surface area contributed by atoms with E-state index >= 15 is 0 Å². The average Bonchev–Trinajstić information content (AvgIpc) is 2.79. The van der Waals surface area contributed by atoms with Crippen LogP contribution in [0, 0.1) is 5.82 Å². The van der Waals surface area contributed by atoms with Crippen molar-refractivity contribution in [3.05, 3.63) is 95.8 Å². The molecule has 160 valence electrons. The molecule has 0 atom stereocenters. The fourth-order valence-electron chi connectivity index (χ4n) is 2.99. The van der Waals surface area contributed by atoms with E-state index in [0.717, 1.165) is 9.87 Å². The van der Waals surface area contributed by atoms with Crippen LogP contribution in [-0.2, 0) is 21.2 Å². The number of hydrogen-bond acceptors (Lipinski definition) is 4. The molecule has 3 aromatic rings. The number of amides is 1. The Morgan fingerprint density at radius 2 is 1.65 bits per heavy atom. The molecule has 1 N–H and O–H groups in total. The van der Waals surface area contributed by atoms with Gasteiger partial charge in [0.05, 0.1) is 16.8 Å². The van der Waals surface area contributed by atoms with Crippen LogP contribution in [0.3, 0.4) is 0 Å². The zero-order valence-corrected chi connectivity index (χ0v) is 17.7. The largest absolute Gasteiger partial charge is 0.271 e. The maximum atomic E-state index is 13.7. The van der Waals surface area contributed by atoms with E-state index in [0.29, 0.717) is 12.1 Å². The van der Waals surface area contributed by atoms with Crippen LogP contribution in [0.2, 0.25) is 0 Å². The molecular weight excluding hydrogens is 417 g/mol. The number of nitrogens with one attached hydrogen (secondary N) is 1. The summed E-state index contributed by atoms with van der Waals surface area (Å²) in [6.45, 7) is 1.42. The Balaban J connectivity index is 1.88. The molecule has 8 heteroatoms. The first kappa shape index (κ1) is 22.2. The number of hydrogen-bond donors (Lipinski definition) is 1. The normalized spacial score (nSPS) is 11.4. The quantitative estimate of drug-likeness (QED) is 0.429. The van der Waals surface area contributed by atoms with Crippen molar-refractivity contribution >= 4 is 27.8 Å². The molecule has 0 aliphatic carbocycles. The van der Waals surface area contributed by atoms with Crippen molar-refractivity contribution in [2.45, 2.75) is 18.2 Å². The van der Waals surface area contributed by atoms with E-state index in [1.165, 1.54) is 30.5 Å². The van der Waals surface area contributed by atoms with Crippen molar-refractivity contribution in [1.29, 1.82) is 0 Å². The molecule has 0 fully saturated rings. The molecule has 6 nitrogen and oxygen atoms in total. The number of hydrazone groups is 1. The lowest BCUT2D eigenvalue weighted by molar-refractivity contribution is -0.119. The number of nitrogens with zero attached hydrogens (tertiary/aromatic N) is 2. The van der Waals surface area contributed by atoms with Crippen LogP contribution < -0.4 is 9.73 Å². The van der Waals surface area contributed by atoms with Crippen molar-refractivity contribution in [3.8, 4) is 0 Å². The number of sulfonamides is 1. The third kappa shape index (κ3) is 5.35. The second-order valence-electron chi connectivity index (χ2n) is 6.62. The van der Waals surface area contributed by atoms with Gasteiger partial charge in [0.2, 0.25) is 0 Å². The van der Waals surface area contributed by atoms with Gasteiger partial charge in [0, 0.05) is 5.56 Å². The number of para-hydroxylation sites is 1. The van der Waals surface area contributed by atoms with Crippen LogP contribution in [0.1, 0.15) is 18.1 Å². The van der Waals surface area contributed by atoms with Gasteiger partial charge in [-0.1, -0.05) is 61.5 Å². The maximum absolute atomic E-state index is 13.7. The van der Waals surface area contributed by atoms with Gasteiger partial charge in [0.15, 0.2) is 0 Å². The summed E-state index contributed by atoms with van der Waals surface area (Å²) in [5.41, 5.74) is 3.68. The van der Waals surface area contributed by atoms with Gasteiger partial charge in [0.25, 0.3) is 15.9 Å². The molecule has 1 amide bonds. The van der Waals surface area contributed by atoms with Crippen molar-refractivity contribution in [1.82, 2.24) is 5.43 Å². The Morgan fingerprint density at radius 1 is 1.00 bits per heavy atom. The van der Waals surface area contributed by atoms with Gasteiger partial charge in [0.1, 0.15) is 12.4 Å². The zero-order chi connectivity index (χ0) is 22.3. The van der Waals surface area contributed by atoms with Crippen molar-refractivity contribution in [2.24, 2.45) is 5.10 Å². The van der Waals surface area contributed by atoms with Crippen LogP contribution in [0.25, 0.3) is 0 Å². The average molecular weight is 440 g/mol. The predicted octanol–water partition coefficient (Wildman–Crippen LogP) is 3.73. The van der Waals surface area contributed by atoms with E-state index < -0.39 is 28.3 Å². The van der Waals surface area contributed by atoms with Crippen molar-refractivity contribution < 1.29 is 17.6 Å². The number of carbonyl (C=O) groups is 1. The molecule has 31 heavy (non-hydrogen) atoms. The Morgan fingerprint density at radius 3 is 2.35 bits per heavy atom. The molecule has 0 heterocycles. The fourth-order valence-corrected chi connectivity index (χ4v) is 4.47. The van der Waals surface area contributed by atoms with Gasteiger partial charge >= 0.3 is 0 Å². The number of aryl methyl sites for hydroxylation is 1. The molecule has 3 aromatic carbocycles. The Kier molecular flexibility index (Phi) is 7.15. The van der Waals surface area contributed by atoms with Crippen LogP contribution in [0.5, 0.6) is 0 Å². The lowest BCUT2D eigenvalue weighted by Gasteiger charge is -2.25. The lowest BCUT2D eigenvalue weighted by atomic mass is 10.1. The zero-order valence-electron chi connectivity index (χ0n) is 16.9. The van der Waals surface area contributed by atoms with Crippen LogP contribution >= 0.6 is 0 Å². The molecule has 0 radical (unpaired) electrons. The van der Waals surface area contributed by atoms with E-state index in [-0.39, 0.29) is 10.5 Å². The summed E-state index contributed by atoms with van der Waals surface area (Å²) in [4.78, 5) is 12.6. The third-order valence-corrected chi connectivity index (χ3v) is 6.33. The highest BCUT2D eigenvalue weighted by Gasteiger charge is 2.28. The summed E-state index contributed by atoms with van der Waals surface area (Å²) >= 11 is 0. The van der Waals surface area contributed by atoms with Crippen molar-refractivity contribution in [3.63, 3.8) is 0 Å². The molecule has 0 bridgehead atoms. The number of carbonyl (C=O) groups excluding carboxylic acids is 1. The molecule has 0 spiro atoms. The Hall–Kier alpha value is -3.52. The Labute approximate surface area is 181 Å². The highest BCUT2D eigenvalue weighted by Crippen LogP contribution is 2.27. The number of anilines is 1. The monoisotopic (exact) mass is 439 g/mol. The molecule has 0 aliphatic rings. The van der Waals surface area contributed by atoms with E-state index in [2.05, 4.69) is 10.5 Å². The standard InChI is InChI=1S/C23H22FN3O3S/c1-2-18-10-7-9-15-22(18)27(31(29,30)20-12-4-3-5-13-20)17-23(28)26-25-16-19-11-6-8-14-21(19)24/h3-16H,2,17H2,1H3,(H,26,28)/b25-16+. The number of halogens is 1. The predicted molar refractivity (Wildman–Crippen MR) is 119 cm³/mol. The molecule has 3 rings (SSSR count). The highest BCUT2D eigenvalue weighted by atomic mass is 32.2.